The lowest BCUT2D eigenvalue weighted by atomic mass is 9.55. The molecule has 2 bridgehead atoms. The van der Waals surface area contributed by atoms with E-state index in [1.807, 2.05) is 68.4 Å². The van der Waals surface area contributed by atoms with Gasteiger partial charge in [-0.3, -0.25) is 24.1 Å². The third-order valence-corrected chi connectivity index (χ3v) is 8.02. The van der Waals surface area contributed by atoms with Crippen molar-refractivity contribution in [2.24, 2.45) is 11.8 Å². The van der Waals surface area contributed by atoms with Gasteiger partial charge >= 0.3 is 5.97 Å². The maximum absolute atomic E-state index is 13.6. The molecule has 1 fully saturated rings. The van der Waals surface area contributed by atoms with Gasteiger partial charge in [0, 0.05) is 17.4 Å². The van der Waals surface area contributed by atoms with Crippen molar-refractivity contribution in [3.05, 3.63) is 106 Å². The molecule has 3 aromatic rings. The molecular weight excluding hydrogens is 454 g/mol. The highest BCUT2D eigenvalue weighted by atomic mass is 16.5. The maximum Gasteiger partial charge on any atom is 0.326 e. The van der Waals surface area contributed by atoms with Crippen molar-refractivity contribution in [1.29, 1.82) is 0 Å². The molecule has 6 heteroatoms. The average molecular weight is 480 g/mol. The number of aryl methyl sites for hydroxylation is 2. The molecule has 0 unspecified atom stereocenters. The second-order valence-corrected chi connectivity index (χ2v) is 9.91. The molecule has 36 heavy (non-hydrogen) atoms. The SMILES string of the molecule is Cc1ccc(C(=O)COC(=O)CN2C(=O)[C@@H]3C4c5ccccc5C(c5ccccc54)[C@H]3C2=O)cc1C. The van der Waals surface area contributed by atoms with E-state index in [0.717, 1.165) is 38.3 Å². The Balaban J connectivity index is 1.22. The summed E-state index contributed by atoms with van der Waals surface area (Å²) in [5, 5.41) is 0. The van der Waals surface area contributed by atoms with Crippen molar-refractivity contribution in [3.63, 3.8) is 0 Å². The molecule has 7 rings (SSSR count). The summed E-state index contributed by atoms with van der Waals surface area (Å²) in [5.41, 5.74) is 6.80. The second kappa shape index (κ2) is 8.26. The van der Waals surface area contributed by atoms with Gasteiger partial charge < -0.3 is 4.74 Å². The van der Waals surface area contributed by atoms with Crippen LogP contribution in [0.5, 0.6) is 0 Å². The molecule has 180 valence electrons. The van der Waals surface area contributed by atoms with Gasteiger partial charge in [-0.25, -0.2) is 0 Å². The molecule has 4 aliphatic rings. The number of hydrogen-bond acceptors (Lipinski definition) is 5. The van der Waals surface area contributed by atoms with Gasteiger partial charge in [-0.1, -0.05) is 60.7 Å². The van der Waals surface area contributed by atoms with Crippen LogP contribution in [0.15, 0.2) is 66.7 Å². The summed E-state index contributed by atoms with van der Waals surface area (Å²) in [7, 11) is 0. The zero-order valence-electron chi connectivity index (χ0n) is 20.1. The summed E-state index contributed by atoms with van der Waals surface area (Å²) in [6.07, 6.45) is 0. The summed E-state index contributed by atoms with van der Waals surface area (Å²) in [6.45, 7) is 2.93. The van der Waals surface area contributed by atoms with E-state index in [0.29, 0.717) is 5.56 Å². The molecular formula is C30H25NO5. The average Bonchev–Trinajstić information content (AvgIpc) is 3.14. The van der Waals surface area contributed by atoms with Gasteiger partial charge in [-0.2, -0.15) is 0 Å². The quantitative estimate of drug-likeness (QED) is 0.315. The third kappa shape index (κ3) is 3.24. The van der Waals surface area contributed by atoms with Gasteiger partial charge in [-0.05, 0) is 53.3 Å². The van der Waals surface area contributed by atoms with Crippen LogP contribution in [0.1, 0.15) is 55.6 Å². The summed E-state index contributed by atoms with van der Waals surface area (Å²) in [5.74, 6) is -3.33. The number of ether oxygens (including phenoxy) is 1. The Kier molecular flexibility index (Phi) is 5.14. The molecule has 0 N–H and O–H groups in total. The van der Waals surface area contributed by atoms with Crippen molar-refractivity contribution >= 4 is 23.6 Å². The van der Waals surface area contributed by atoms with Gasteiger partial charge in [0.25, 0.3) is 0 Å². The number of carbonyl (C=O) groups excluding carboxylic acids is 4. The van der Waals surface area contributed by atoms with Crippen LogP contribution in [0, 0.1) is 25.7 Å². The van der Waals surface area contributed by atoms with E-state index < -0.39 is 31.0 Å². The van der Waals surface area contributed by atoms with Gasteiger partial charge in [0.1, 0.15) is 6.54 Å². The molecule has 0 radical (unpaired) electrons. The number of ketones is 1. The number of carbonyl (C=O) groups is 4. The smallest absolute Gasteiger partial charge is 0.326 e. The second-order valence-electron chi connectivity index (χ2n) is 9.91. The third-order valence-electron chi connectivity index (χ3n) is 8.02. The number of esters is 1. The van der Waals surface area contributed by atoms with Crippen LogP contribution in [-0.4, -0.2) is 41.6 Å². The Labute approximate surface area is 208 Å². The first kappa shape index (κ1) is 22.4. The summed E-state index contributed by atoms with van der Waals surface area (Å²) < 4.78 is 5.20. The highest BCUT2D eigenvalue weighted by molar-refractivity contribution is 6.09. The van der Waals surface area contributed by atoms with Gasteiger partial charge in [0.05, 0.1) is 11.8 Å². The van der Waals surface area contributed by atoms with Crippen LogP contribution >= 0.6 is 0 Å². The number of amides is 2. The van der Waals surface area contributed by atoms with E-state index in [1.165, 1.54) is 0 Å². The predicted octanol–water partition coefficient (Wildman–Crippen LogP) is 3.92. The van der Waals surface area contributed by atoms with E-state index in [4.69, 9.17) is 4.74 Å². The molecule has 3 aliphatic carbocycles. The van der Waals surface area contributed by atoms with Crippen molar-refractivity contribution in [3.8, 4) is 0 Å². The first-order valence-electron chi connectivity index (χ1n) is 12.2. The number of nitrogens with zero attached hydrogens (tertiary/aromatic N) is 1. The van der Waals surface area contributed by atoms with Crippen LogP contribution < -0.4 is 0 Å². The molecule has 0 aromatic heterocycles. The topological polar surface area (TPSA) is 80.8 Å². The number of likely N-dealkylation sites (tertiary alicyclic amines) is 1. The molecule has 1 aliphatic heterocycles. The van der Waals surface area contributed by atoms with E-state index in [1.54, 1.807) is 12.1 Å². The van der Waals surface area contributed by atoms with Crippen molar-refractivity contribution in [1.82, 2.24) is 4.90 Å². The Morgan fingerprint density at radius 1 is 0.750 bits per heavy atom. The fourth-order valence-electron chi connectivity index (χ4n) is 6.21. The van der Waals surface area contributed by atoms with Crippen molar-refractivity contribution < 1.29 is 23.9 Å². The predicted molar refractivity (Wildman–Crippen MR) is 131 cm³/mol. The highest BCUT2D eigenvalue weighted by Crippen LogP contribution is 2.60. The van der Waals surface area contributed by atoms with Gasteiger partial charge in [0.2, 0.25) is 11.8 Å². The fraction of sp³-hybridized carbons (Fsp3) is 0.267. The number of imide groups is 1. The highest BCUT2D eigenvalue weighted by Gasteiger charge is 2.61. The summed E-state index contributed by atoms with van der Waals surface area (Å²) in [6, 6.07) is 21.3. The largest absolute Gasteiger partial charge is 0.456 e. The normalized spacial score (nSPS) is 23.2. The molecule has 0 spiro atoms. The van der Waals surface area contributed by atoms with Gasteiger partial charge in [-0.15, -0.1) is 0 Å². The van der Waals surface area contributed by atoms with Crippen molar-refractivity contribution in [2.75, 3.05) is 13.2 Å². The minimum Gasteiger partial charge on any atom is -0.456 e. The first-order valence-corrected chi connectivity index (χ1v) is 12.2. The molecule has 1 heterocycles. The number of rotatable bonds is 5. The maximum atomic E-state index is 13.6. The first-order chi connectivity index (χ1) is 17.4. The van der Waals surface area contributed by atoms with E-state index in [-0.39, 0.29) is 29.4 Å². The minimum atomic E-state index is -0.769. The molecule has 0 saturated carbocycles. The zero-order valence-corrected chi connectivity index (χ0v) is 20.1. The molecule has 6 nitrogen and oxygen atoms in total. The van der Waals surface area contributed by atoms with Crippen LogP contribution in [0.4, 0.5) is 0 Å². The van der Waals surface area contributed by atoms with E-state index >= 15 is 0 Å². The lowest BCUT2D eigenvalue weighted by Gasteiger charge is -2.45. The zero-order chi connectivity index (χ0) is 25.1. The van der Waals surface area contributed by atoms with Gasteiger partial charge in [0.15, 0.2) is 12.4 Å². The number of benzene rings is 3. The van der Waals surface area contributed by atoms with E-state index in [9.17, 15) is 19.2 Å². The Morgan fingerprint density at radius 3 is 1.72 bits per heavy atom. The van der Waals surface area contributed by atoms with E-state index in [2.05, 4.69) is 0 Å². The van der Waals surface area contributed by atoms with Crippen molar-refractivity contribution in [2.45, 2.75) is 25.7 Å². The number of Topliss-reactive ketones (excluding diaryl/α,β-unsaturated/α-hetero) is 1. The molecule has 2 amide bonds. The minimum absolute atomic E-state index is 0.226. The molecule has 3 aromatic carbocycles. The Hall–Kier alpha value is -4.06. The standard InChI is InChI=1S/C30H25NO5/c1-16-11-12-18(13-17(16)2)23(32)15-36-24(33)14-31-29(34)27-25-19-7-3-4-8-20(19)26(28(27)30(31)35)22-10-6-5-9-21(22)25/h3-13,25-28H,14-15H2,1-2H3/t25?,26?,27-,28-/m1/s1. The Morgan fingerprint density at radius 2 is 1.25 bits per heavy atom. The molecule has 1 saturated heterocycles. The lowest BCUT2D eigenvalue weighted by Crippen LogP contribution is -2.41. The summed E-state index contributed by atoms with van der Waals surface area (Å²) in [4.78, 5) is 53.3. The Bertz CT molecular complexity index is 1340. The van der Waals surface area contributed by atoms with Crippen LogP contribution in [0.3, 0.4) is 0 Å². The monoisotopic (exact) mass is 479 g/mol. The van der Waals surface area contributed by atoms with Crippen LogP contribution in [0.2, 0.25) is 0 Å². The number of hydrogen-bond donors (Lipinski definition) is 0. The molecule has 2 atom stereocenters. The lowest BCUT2D eigenvalue weighted by molar-refractivity contribution is -0.152. The van der Waals surface area contributed by atoms with Crippen LogP contribution in [0.25, 0.3) is 0 Å². The van der Waals surface area contributed by atoms with Crippen LogP contribution in [-0.2, 0) is 19.1 Å². The fourth-order valence-corrected chi connectivity index (χ4v) is 6.21. The summed E-state index contributed by atoms with van der Waals surface area (Å²) >= 11 is 0.